The first-order valence-corrected chi connectivity index (χ1v) is 6.63. The van der Waals surface area contributed by atoms with Crippen LogP contribution in [-0.2, 0) is 4.79 Å². The lowest BCUT2D eigenvalue weighted by Gasteiger charge is -2.11. The van der Waals surface area contributed by atoms with E-state index >= 15 is 0 Å². The lowest BCUT2D eigenvalue weighted by molar-refractivity contribution is -0.137. The molecule has 4 nitrogen and oxygen atoms in total. The van der Waals surface area contributed by atoms with Crippen molar-refractivity contribution < 1.29 is 14.7 Å². The van der Waals surface area contributed by atoms with E-state index in [0.29, 0.717) is 23.6 Å². The van der Waals surface area contributed by atoms with Crippen molar-refractivity contribution in [3.63, 3.8) is 0 Å². The first-order valence-electron chi connectivity index (χ1n) is 6.25. The molecule has 1 atom stereocenters. The molecule has 1 aromatic carbocycles. The number of nitrogens with one attached hydrogen (secondary N) is 1. The molecule has 2 N–H and O–H groups in total. The Labute approximate surface area is 117 Å². The van der Waals surface area contributed by atoms with Crippen LogP contribution in [0.1, 0.15) is 36.5 Å². The molecule has 0 bridgehead atoms. The summed E-state index contributed by atoms with van der Waals surface area (Å²) in [5.41, 5.74) is 0.461. The third kappa shape index (κ3) is 5.75. The molecule has 0 heterocycles. The van der Waals surface area contributed by atoms with Gasteiger partial charge in [-0.1, -0.05) is 30.7 Å². The lowest BCUT2D eigenvalue weighted by atomic mass is 10.0. The van der Waals surface area contributed by atoms with Crippen molar-refractivity contribution in [2.24, 2.45) is 5.92 Å². The largest absolute Gasteiger partial charge is 0.481 e. The molecule has 0 spiro atoms. The van der Waals surface area contributed by atoms with E-state index in [1.165, 1.54) is 0 Å². The van der Waals surface area contributed by atoms with E-state index in [1.807, 2.05) is 6.92 Å². The number of aliphatic carboxylic acids is 1. The summed E-state index contributed by atoms with van der Waals surface area (Å²) >= 11 is 5.92. The number of carboxylic acid groups (broad SMARTS) is 1. The fraction of sp³-hybridized carbons (Fsp3) is 0.429. The van der Waals surface area contributed by atoms with E-state index in [-0.39, 0.29) is 18.2 Å². The average molecular weight is 284 g/mol. The number of carbonyl (C=O) groups is 2. The van der Waals surface area contributed by atoms with Gasteiger partial charge >= 0.3 is 5.97 Å². The van der Waals surface area contributed by atoms with Crippen LogP contribution in [0.3, 0.4) is 0 Å². The monoisotopic (exact) mass is 283 g/mol. The second-order valence-corrected chi connectivity index (χ2v) is 4.97. The molecule has 5 heteroatoms. The Bertz CT molecular complexity index is 448. The maximum atomic E-state index is 11.8. The Morgan fingerprint density at radius 3 is 2.63 bits per heavy atom. The Hall–Kier alpha value is -1.55. The van der Waals surface area contributed by atoms with Crippen molar-refractivity contribution in [2.75, 3.05) is 6.54 Å². The van der Waals surface area contributed by atoms with Gasteiger partial charge in [0.15, 0.2) is 0 Å². The highest BCUT2D eigenvalue weighted by Gasteiger charge is 2.10. The van der Waals surface area contributed by atoms with E-state index < -0.39 is 5.97 Å². The molecule has 19 heavy (non-hydrogen) atoms. The van der Waals surface area contributed by atoms with Gasteiger partial charge in [0.25, 0.3) is 5.91 Å². The Morgan fingerprint density at radius 2 is 2.00 bits per heavy atom. The molecule has 0 aromatic heterocycles. The third-order valence-electron chi connectivity index (χ3n) is 2.89. The van der Waals surface area contributed by atoms with E-state index in [9.17, 15) is 9.59 Å². The summed E-state index contributed by atoms with van der Waals surface area (Å²) in [5, 5.41) is 11.8. The zero-order chi connectivity index (χ0) is 14.3. The molecule has 0 saturated heterocycles. The number of hydrogen-bond donors (Lipinski definition) is 2. The molecule has 1 amide bonds. The molecule has 0 aliphatic rings. The van der Waals surface area contributed by atoms with Crippen LogP contribution in [0.25, 0.3) is 0 Å². The first kappa shape index (κ1) is 15.5. The maximum Gasteiger partial charge on any atom is 0.303 e. The highest BCUT2D eigenvalue weighted by Crippen LogP contribution is 2.15. The summed E-state index contributed by atoms with van der Waals surface area (Å²) in [6.07, 6.45) is 1.54. The molecule has 1 aromatic rings. The molecule has 0 aliphatic heterocycles. The summed E-state index contributed by atoms with van der Waals surface area (Å²) in [6.45, 7) is 2.50. The van der Waals surface area contributed by atoms with Gasteiger partial charge in [0.2, 0.25) is 0 Å². The molecule has 1 rings (SSSR count). The summed E-state index contributed by atoms with van der Waals surface area (Å²) in [6, 6.07) is 6.88. The van der Waals surface area contributed by atoms with Gasteiger partial charge in [0.05, 0.1) is 10.6 Å². The summed E-state index contributed by atoms with van der Waals surface area (Å²) < 4.78 is 0. The number of rotatable bonds is 7. The summed E-state index contributed by atoms with van der Waals surface area (Å²) in [5.74, 6) is -0.717. The standard InChI is InChI=1S/C14H18ClNO3/c1-10(6-7-13(17)18)8-9-16-14(19)11-4-2-3-5-12(11)15/h2-5,10H,6-9H2,1H3,(H,16,19)(H,17,18). The molecule has 0 aliphatic carbocycles. The minimum absolute atomic E-state index is 0.166. The smallest absolute Gasteiger partial charge is 0.303 e. The molecule has 0 radical (unpaired) electrons. The van der Waals surface area contributed by atoms with Gasteiger partial charge in [-0.05, 0) is 30.9 Å². The number of amides is 1. The molecule has 0 saturated carbocycles. The van der Waals surface area contributed by atoms with Crippen LogP contribution in [0, 0.1) is 5.92 Å². The van der Waals surface area contributed by atoms with Crippen LogP contribution in [0.4, 0.5) is 0 Å². The van der Waals surface area contributed by atoms with Crippen molar-refractivity contribution in [1.29, 1.82) is 0 Å². The van der Waals surface area contributed by atoms with Crippen molar-refractivity contribution in [3.05, 3.63) is 34.9 Å². The Morgan fingerprint density at radius 1 is 1.32 bits per heavy atom. The van der Waals surface area contributed by atoms with Gasteiger partial charge in [-0.15, -0.1) is 0 Å². The van der Waals surface area contributed by atoms with Crippen LogP contribution in [-0.4, -0.2) is 23.5 Å². The predicted octanol–water partition coefficient (Wildman–Crippen LogP) is 2.96. The van der Waals surface area contributed by atoms with Crippen LogP contribution in [0.15, 0.2) is 24.3 Å². The first-order chi connectivity index (χ1) is 9.00. The molecule has 1 unspecified atom stereocenters. The van der Waals surface area contributed by atoms with Gasteiger partial charge in [0, 0.05) is 13.0 Å². The van der Waals surface area contributed by atoms with Crippen molar-refractivity contribution in [3.8, 4) is 0 Å². The quantitative estimate of drug-likeness (QED) is 0.808. The zero-order valence-corrected chi connectivity index (χ0v) is 11.6. The number of halogens is 1. The fourth-order valence-electron chi connectivity index (χ4n) is 1.69. The number of benzene rings is 1. The third-order valence-corrected chi connectivity index (χ3v) is 3.22. The van der Waals surface area contributed by atoms with E-state index in [4.69, 9.17) is 16.7 Å². The van der Waals surface area contributed by atoms with Gasteiger partial charge < -0.3 is 10.4 Å². The van der Waals surface area contributed by atoms with E-state index in [2.05, 4.69) is 5.32 Å². The second-order valence-electron chi connectivity index (χ2n) is 4.56. The maximum absolute atomic E-state index is 11.8. The van der Waals surface area contributed by atoms with Crippen LogP contribution in [0.2, 0.25) is 5.02 Å². The Kier molecular flexibility index (Phi) is 6.36. The van der Waals surface area contributed by atoms with Gasteiger partial charge in [-0.25, -0.2) is 0 Å². The normalized spacial score (nSPS) is 11.9. The Balaban J connectivity index is 2.31. The topological polar surface area (TPSA) is 66.4 Å². The SMILES string of the molecule is CC(CCNC(=O)c1ccccc1Cl)CCC(=O)O. The van der Waals surface area contributed by atoms with Crippen molar-refractivity contribution in [2.45, 2.75) is 26.2 Å². The van der Waals surface area contributed by atoms with Gasteiger partial charge in [-0.3, -0.25) is 9.59 Å². The molecule has 104 valence electrons. The molecular formula is C14H18ClNO3. The van der Waals surface area contributed by atoms with Crippen LogP contribution in [0.5, 0.6) is 0 Å². The average Bonchev–Trinajstić information content (AvgIpc) is 2.36. The number of carboxylic acids is 1. The molecular weight excluding hydrogens is 266 g/mol. The fourth-order valence-corrected chi connectivity index (χ4v) is 1.91. The van der Waals surface area contributed by atoms with Crippen molar-refractivity contribution >= 4 is 23.5 Å². The number of carbonyl (C=O) groups excluding carboxylic acids is 1. The van der Waals surface area contributed by atoms with Crippen LogP contribution < -0.4 is 5.32 Å². The van der Waals surface area contributed by atoms with E-state index in [1.54, 1.807) is 24.3 Å². The van der Waals surface area contributed by atoms with Crippen LogP contribution >= 0.6 is 11.6 Å². The highest BCUT2D eigenvalue weighted by molar-refractivity contribution is 6.33. The highest BCUT2D eigenvalue weighted by atomic mass is 35.5. The predicted molar refractivity (Wildman–Crippen MR) is 74.4 cm³/mol. The summed E-state index contributed by atoms with van der Waals surface area (Å²) in [4.78, 5) is 22.2. The zero-order valence-electron chi connectivity index (χ0n) is 10.9. The minimum Gasteiger partial charge on any atom is -0.481 e. The minimum atomic E-state index is -0.785. The summed E-state index contributed by atoms with van der Waals surface area (Å²) in [7, 11) is 0. The number of hydrogen-bond acceptors (Lipinski definition) is 2. The van der Waals surface area contributed by atoms with Gasteiger partial charge in [0.1, 0.15) is 0 Å². The van der Waals surface area contributed by atoms with Crippen molar-refractivity contribution in [1.82, 2.24) is 5.32 Å². The lowest BCUT2D eigenvalue weighted by Crippen LogP contribution is -2.26. The second kappa shape index (κ2) is 7.79. The molecule has 0 fully saturated rings. The van der Waals surface area contributed by atoms with E-state index in [0.717, 1.165) is 6.42 Å². The van der Waals surface area contributed by atoms with Gasteiger partial charge in [-0.2, -0.15) is 0 Å².